The molecule has 0 aliphatic heterocycles. The first kappa shape index (κ1) is 27.7. The molecule has 0 saturated carbocycles. The van der Waals surface area contributed by atoms with E-state index in [1.165, 1.54) is 0 Å². The molecule has 0 aromatic carbocycles. The highest BCUT2D eigenvalue weighted by atomic mass is 16.5. The molecule has 4 nitrogen and oxygen atoms in total. The second kappa shape index (κ2) is 14.7. The van der Waals surface area contributed by atoms with Crippen molar-refractivity contribution in [1.29, 1.82) is 0 Å². The Balaban J connectivity index is 4.28. The zero-order valence-corrected chi connectivity index (χ0v) is 19.8. The van der Waals surface area contributed by atoms with Gasteiger partial charge in [-0.2, -0.15) is 0 Å². The largest absolute Gasteiger partial charge is 0.381 e. The predicted molar refractivity (Wildman–Crippen MR) is 121 cm³/mol. The van der Waals surface area contributed by atoms with Gasteiger partial charge in [0.25, 0.3) is 0 Å². The van der Waals surface area contributed by atoms with Gasteiger partial charge in [0.2, 0.25) is 0 Å². The van der Waals surface area contributed by atoms with Gasteiger partial charge in [0.1, 0.15) is 0 Å². The van der Waals surface area contributed by atoms with Gasteiger partial charge < -0.3 is 9.47 Å². The molecule has 0 aliphatic carbocycles. The van der Waals surface area contributed by atoms with Gasteiger partial charge >= 0.3 is 0 Å². The highest BCUT2D eigenvalue weighted by Crippen LogP contribution is 2.28. The fourth-order valence-electron chi connectivity index (χ4n) is 3.00. The summed E-state index contributed by atoms with van der Waals surface area (Å²) in [5, 5.41) is 0. The van der Waals surface area contributed by atoms with Crippen LogP contribution in [0.3, 0.4) is 0 Å². The molecule has 0 aromatic rings. The third kappa shape index (κ3) is 12.1. The van der Waals surface area contributed by atoms with E-state index in [1.807, 2.05) is 0 Å². The van der Waals surface area contributed by atoms with E-state index in [4.69, 9.17) is 9.47 Å². The number of carbonyl (C=O) groups is 2. The Bertz CT molecular complexity index is 487. The molecule has 0 aromatic heterocycles. The van der Waals surface area contributed by atoms with E-state index < -0.39 is 0 Å². The topological polar surface area (TPSA) is 52.6 Å². The van der Waals surface area contributed by atoms with E-state index in [9.17, 15) is 9.59 Å². The zero-order chi connectivity index (χ0) is 22.4. The lowest BCUT2D eigenvalue weighted by Gasteiger charge is -2.32. The molecule has 2 unspecified atom stereocenters. The molecule has 0 bridgehead atoms. The van der Waals surface area contributed by atoms with Crippen LogP contribution in [0.4, 0.5) is 0 Å². The summed E-state index contributed by atoms with van der Waals surface area (Å²) in [5.41, 5.74) is 1.27. The van der Waals surface area contributed by atoms with Crippen LogP contribution < -0.4 is 0 Å². The summed E-state index contributed by atoms with van der Waals surface area (Å²) in [7, 11) is 0. The summed E-state index contributed by atoms with van der Waals surface area (Å²) in [4.78, 5) is 23.4. The minimum absolute atomic E-state index is 0.0144. The van der Waals surface area contributed by atoms with E-state index in [0.717, 1.165) is 25.7 Å². The van der Waals surface area contributed by atoms with E-state index in [1.54, 1.807) is 13.8 Å². The molecule has 0 heterocycles. The fourth-order valence-corrected chi connectivity index (χ4v) is 3.00. The molecule has 0 rings (SSSR count). The van der Waals surface area contributed by atoms with Crippen molar-refractivity contribution in [3.05, 3.63) is 24.3 Å². The minimum Gasteiger partial charge on any atom is -0.381 e. The first-order valence-electron chi connectivity index (χ1n) is 11.1. The van der Waals surface area contributed by atoms with Crippen molar-refractivity contribution in [2.45, 2.75) is 80.1 Å². The van der Waals surface area contributed by atoms with Gasteiger partial charge in [0, 0.05) is 31.5 Å². The predicted octanol–water partition coefficient (Wildman–Crippen LogP) is 5.95. The van der Waals surface area contributed by atoms with Crippen molar-refractivity contribution >= 4 is 11.6 Å². The van der Waals surface area contributed by atoms with E-state index >= 15 is 0 Å². The first-order valence-corrected chi connectivity index (χ1v) is 11.1. The van der Waals surface area contributed by atoms with Crippen LogP contribution in [0.1, 0.15) is 80.1 Å². The summed E-state index contributed by atoms with van der Waals surface area (Å²) in [5.74, 6) is 0.967. The summed E-state index contributed by atoms with van der Waals surface area (Å²) >= 11 is 0. The average molecular weight is 409 g/mol. The van der Waals surface area contributed by atoms with Crippen molar-refractivity contribution in [1.82, 2.24) is 0 Å². The average Bonchev–Trinajstić information content (AvgIpc) is 2.68. The van der Waals surface area contributed by atoms with Crippen LogP contribution in [0, 0.1) is 17.3 Å². The molecular weight excluding hydrogens is 364 g/mol. The molecule has 0 saturated heterocycles. The molecule has 2 atom stereocenters. The van der Waals surface area contributed by atoms with Gasteiger partial charge in [-0.15, -0.1) is 0 Å². The Morgan fingerprint density at radius 3 is 1.41 bits per heavy atom. The number of rotatable bonds is 18. The van der Waals surface area contributed by atoms with Crippen LogP contribution in [0.5, 0.6) is 0 Å². The quantitative estimate of drug-likeness (QED) is 0.263. The molecule has 0 amide bonds. The van der Waals surface area contributed by atoms with E-state index in [-0.39, 0.29) is 17.0 Å². The lowest BCUT2D eigenvalue weighted by molar-refractivity contribution is -0.116. The molecule has 29 heavy (non-hydrogen) atoms. The van der Waals surface area contributed by atoms with Crippen LogP contribution in [0.2, 0.25) is 0 Å². The van der Waals surface area contributed by atoms with Gasteiger partial charge in [-0.05, 0) is 62.5 Å². The van der Waals surface area contributed by atoms with Gasteiger partial charge in [0.15, 0.2) is 11.6 Å². The molecule has 0 radical (unpaired) electrons. The maximum Gasteiger partial charge on any atom is 0.157 e. The second-order valence-electron chi connectivity index (χ2n) is 8.93. The summed E-state index contributed by atoms with van der Waals surface area (Å²) in [6.07, 6.45) is 4.73. The highest BCUT2D eigenvalue weighted by molar-refractivity contribution is 5.94. The highest BCUT2D eigenvalue weighted by Gasteiger charge is 2.27. The number of Topliss-reactive ketones (excluding diaryl/α,β-unsaturated/α-hetero) is 2. The lowest BCUT2D eigenvalue weighted by Crippen LogP contribution is -2.32. The third-order valence-corrected chi connectivity index (χ3v) is 5.80. The number of hydrogen-bond donors (Lipinski definition) is 0. The van der Waals surface area contributed by atoms with Crippen molar-refractivity contribution in [3.63, 3.8) is 0 Å². The smallest absolute Gasteiger partial charge is 0.157 e. The van der Waals surface area contributed by atoms with Gasteiger partial charge in [-0.3, -0.25) is 9.59 Å². The maximum absolute atomic E-state index is 11.7. The van der Waals surface area contributed by atoms with Crippen molar-refractivity contribution in [2.24, 2.45) is 17.3 Å². The van der Waals surface area contributed by atoms with Crippen LogP contribution in [0.15, 0.2) is 24.3 Å². The lowest BCUT2D eigenvalue weighted by atomic mass is 9.84. The maximum atomic E-state index is 11.7. The summed E-state index contributed by atoms with van der Waals surface area (Å²) in [6.45, 7) is 22.2. The Kier molecular flexibility index (Phi) is 14.0. The summed E-state index contributed by atoms with van der Waals surface area (Å²) in [6, 6.07) is 0. The number of carbonyl (C=O) groups excluding carboxylic acids is 2. The van der Waals surface area contributed by atoms with Crippen molar-refractivity contribution in [3.8, 4) is 0 Å². The Labute approximate surface area is 179 Å². The normalized spacial score (nSPS) is 13.7. The zero-order valence-electron chi connectivity index (χ0n) is 19.8. The molecule has 0 spiro atoms. The number of allylic oxidation sites excluding steroid dienone is 2. The number of hydrogen-bond acceptors (Lipinski definition) is 4. The van der Waals surface area contributed by atoms with Crippen LogP contribution in [-0.2, 0) is 19.1 Å². The van der Waals surface area contributed by atoms with Crippen LogP contribution in [0.25, 0.3) is 0 Å². The third-order valence-electron chi connectivity index (χ3n) is 5.80. The van der Waals surface area contributed by atoms with Gasteiger partial charge in [0.05, 0.1) is 13.2 Å². The van der Waals surface area contributed by atoms with Crippen molar-refractivity contribution in [2.75, 3.05) is 26.4 Å². The molecule has 0 fully saturated rings. The van der Waals surface area contributed by atoms with E-state index in [2.05, 4.69) is 40.9 Å². The van der Waals surface area contributed by atoms with Crippen molar-refractivity contribution < 1.29 is 19.1 Å². The van der Waals surface area contributed by atoms with Crippen LogP contribution >= 0.6 is 0 Å². The SMILES string of the molecule is C=C(C)C(=O)CCC(C)COCC(CC)(CC)COCC(C)CCC(=O)C(=C)C. The number of ketones is 2. The molecule has 0 N–H and O–H groups in total. The van der Waals surface area contributed by atoms with E-state index in [0.29, 0.717) is 62.3 Å². The standard InChI is InChI=1S/C25H44O4/c1-9-25(10-2,17-28-15-21(7)11-13-23(26)19(3)4)18-29-16-22(8)12-14-24(27)20(5)6/h21-22H,3,5,9-18H2,1-2,4,6-8H3. The Hall–Kier alpha value is -1.26. The fraction of sp³-hybridized carbons (Fsp3) is 0.760. The Morgan fingerprint density at radius 1 is 0.793 bits per heavy atom. The molecular formula is C25H44O4. The molecule has 4 heteroatoms. The first-order chi connectivity index (χ1) is 13.6. The Morgan fingerprint density at radius 2 is 1.14 bits per heavy atom. The monoisotopic (exact) mass is 408 g/mol. The minimum atomic E-state index is 0.0144. The second-order valence-corrected chi connectivity index (χ2v) is 8.93. The number of ether oxygens (including phenoxy) is 2. The summed E-state index contributed by atoms with van der Waals surface area (Å²) < 4.78 is 12.1. The van der Waals surface area contributed by atoms with Gasteiger partial charge in [-0.1, -0.05) is 40.9 Å². The van der Waals surface area contributed by atoms with Crippen LogP contribution in [-0.4, -0.2) is 38.0 Å². The molecule has 0 aliphatic rings. The van der Waals surface area contributed by atoms with Gasteiger partial charge in [-0.25, -0.2) is 0 Å². The molecule has 168 valence electrons.